The number of rotatable bonds is 4. The Morgan fingerprint density at radius 2 is 1.73 bits per heavy atom. The largest absolute Gasteiger partial charge is 0.356 e. The van der Waals surface area contributed by atoms with Gasteiger partial charge in [-0.1, -0.05) is 48.5 Å². The zero-order valence-electron chi connectivity index (χ0n) is 18.0. The zero-order valence-corrected chi connectivity index (χ0v) is 18.0. The number of para-hydroxylation sites is 3. The van der Waals surface area contributed by atoms with Gasteiger partial charge in [-0.25, -0.2) is 9.37 Å². The van der Waals surface area contributed by atoms with Gasteiger partial charge >= 0.3 is 0 Å². The van der Waals surface area contributed by atoms with E-state index in [0.29, 0.717) is 24.9 Å². The molecule has 33 heavy (non-hydrogen) atoms. The summed E-state index contributed by atoms with van der Waals surface area (Å²) in [6.45, 7) is 0.548. The van der Waals surface area contributed by atoms with Gasteiger partial charge in [0.25, 0.3) is 0 Å². The van der Waals surface area contributed by atoms with E-state index in [-0.39, 0.29) is 11.7 Å². The van der Waals surface area contributed by atoms with Gasteiger partial charge in [0, 0.05) is 41.5 Å². The van der Waals surface area contributed by atoms with E-state index in [1.807, 2.05) is 53.4 Å². The van der Waals surface area contributed by atoms with E-state index in [1.54, 1.807) is 12.1 Å². The van der Waals surface area contributed by atoms with Crippen LogP contribution >= 0.6 is 0 Å². The minimum absolute atomic E-state index is 0.00647. The predicted octanol–water partition coefficient (Wildman–Crippen LogP) is 5.29. The molecule has 1 unspecified atom stereocenters. The fourth-order valence-electron chi connectivity index (χ4n) is 5.02. The van der Waals surface area contributed by atoms with Gasteiger partial charge < -0.3 is 14.9 Å². The van der Waals surface area contributed by atoms with E-state index >= 15 is 0 Å². The Bertz CT molecular complexity index is 1450. The van der Waals surface area contributed by atoms with Crippen LogP contribution in [0, 0.1) is 5.82 Å². The Kier molecular flexibility index (Phi) is 4.72. The van der Waals surface area contributed by atoms with Crippen LogP contribution in [-0.2, 0) is 17.6 Å². The molecule has 6 rings (SSSR count). The maximum absolute atomic E-state index is 15.0. The van der Waals surface area contributed by atoms with Crippen LogP contribution in [-0.4, -0.2) is 32.3 Å². The van der Waals surface area contributed by atoms with Gasteiger partial charge in [-0.15, -0.1) is 0 Å². The summed E-state index contributed by atoms with van der Waals surface area (Å²) in [5, 5.41) is 1.14. The summed E-state index contributed by atoms with van der Waals surface area (Å²) in [6.07, 6.45) is 1.55. The second-order valence-electron chi connectivity index (χ2n) is 8.52. The molecule has 0 spiro atoms. The van der Waals surface area contributed by atoms with Crippen LogP contribution in [0.5, 0.6) is 0 Å². The standard InChI is InChI=1S/C27H23FN4O/c28-20-9-3-1-8-19(20)27-26-18(17-7-2-4-10-21(17)31-26)15-16-32(27)25(33)14-13-24-29-22-11-5-6-12-23(22)30-24/h1-12,27,31H,13-16H2,(H,29,30). The maximum atomic E-state index is 15.0. The molecular formula is C27H23FN4O. The highest BCUT2D eigenvalue weighted by atomic mass is 19.1. The molecule has 3 aromatic carbocycles. The summed E-state index contributed by atoms with van der Waals surface area (Å²) < 4.78 is 15.0. The molecule has 1 amide bonds. The van der Waals surface area contributed by atoms with Gasteiger partial charge in [-0.2, -0.15) is 0 Å². The third-order valence-corrected chi connectivity index (χ3v) is 6.57. The number of aromatic nitrogens is 3. The predicted molar refractivity (Wildman–Crippen MR) is 126 cm³/mol. The SMILES string of the molecule is O=C(CCc1nc2ccccc2[nH]1)N1CCc2c([nH]c3ccccc23)C1c1ccccc1F. The maximum Gasteiger partial charge on any atom is 0.223 e. The van der Waals surface area contributed by atoms with Gasteiger partial charge in [0.1, 0.15) is 17.7 Å². The summed E-state index contributed by atoms with van der Waals surface area (Å²) >= 11 is 0. The first-order chi connectivity index (χ1) is 16.2. The first-order valence-corrected chi connectivity index (χ1v) is 11.3. The van der Waals surface area contributed by atoms with Gasteiger partial charge in [-0.05, 0) is 36.2 Å². The minimum atomic E-state index is -0.481. The molecule has 6 heteroatoms. The molecule has 0 radical (unpaired) electrons. The number of nitrogens with zero attached hydrogens (tertiary/aromatic N) is 2. The van der Waals surface area contributed by atoms with Crippen LogP contribution in [0.1, 0.15) is 35.1 Å². The quantitative estimate of drug-likeness (QED) is 0.400. The lowest BCUT2D eigenvalue weighted by Gasteiger charge is -2.36. The van der Waals surface area contributed by atoms with E-state index in [0.717, 1.165) is 39.9 Å². The second kappa shape index (κ2) is 7.89. The van der Waals surface area contributed by atoms with Crippen molar-refractivity contribution < 1.29 is 9.18 Å². The number of imidazole rings is 1. The number of nitrogens with one attached hydrogen (secondary N) is 2. The van der Waals surface area contributed by atoms with Crippen molar-refractivity contribution in [2.24, 2.45) is 0 Å². The first-order valence-electron chi connectivity index (χ1n) is 11.3. The number of H-pyrrole nitrogens is 2. The third-order valence-electron chi connectivity index (χ3n) is 6.57. The molecule has 0 saturated carbocycles. The molecule has 0 bridgehead atoms. The molecular weight excluding hydrogens is 415 g/mol. The number of hydrogen-bond acceptors (Lipinski definition) is 2. The van der Waals surface area contributed by atoms with Crippen LogP contribution in [0.2, 0.25) is 0 Å². The number of hydrogen-bond donors (Lipinski definition) is 2. The molecule has 1 atom stereocenters. The normalized spacial score (nSPS) is 15.8. The van der Waals surface area contributed by atoms with Crippen molar-refractivity contribution in [2.45, 2.75) is 25.3 Å². The van der Waals surface area contributed by atoms with Crippen molar-refractivity contribution in [1.29, 1.82) is 0 Å². The summed E-state index contributed by atoms with van der Waals surface area (Å²) in [6, 6.07) is 22.2. The van der Waals surface area contributed by atoms with Crippen molar-refractivity contribution in [1.82, 2.24) is 19.9 Å². The molecule has 164 valence electrons. The van der Waals surface area contributed by atoms with Crippen LogP contribution in [0.25, 0.3) is 21.9 Å². The molecule has 2 N–H and O–H groups in total. The highest BCUT2D eigenvalue weighted by Crippen LogP contribution is 2.39. The van der Waals surface area contributed by atoms with Gasteiger partial charge in [0.2, 0.25) is 5.91 Å². The molecule has 0 fully saturated rings. The average Bonchev–Trinajstić information content (AvgIpc) is 3.43. The molecule has 2 aromatic heterocycles. The van der Waals surface area contributed by atoms with E-state index < -0.39 is 6.04 Å². The van der Waals surface area contributed by atoms with Crippen molar-refractivity contribution in [2.75, 3.05) is 6.54 Å². The average molecular weight is 439 g/mol. The van der Waals surface area contributed by atoms with Gasteiger partial charge in [0.15, 0.2) is 0 Å². The number of fused-ring (bicyclic) bond motifs is 4. The minimum Gasteiger partial charge on any atom is -0.356 e. The first kappa shape index (κ1) is 19.7. The number of aromatic amines is 2. The smallest absolute Gasteiger partial charge is 0.223 e. The molecule has 0 aliphatic carbocycles. The molecule has 0 saturated heterocycles. The second-order valence-corrected chi connectivity index (χ2v) is 8.52. The Balaban J connectivity index is 1.34. The summed E-state index contributed by atoms with van der Waals surface area (Å²) in [4.78, 5) is 26.6. The van der Waals surface area contributed by atoms with E-state index in [1.165, 1.54) is 11.6 Å². The summed E-state index contributed by atoms with van der Waals surface area (Å²) in [7, 11) is 0. The fraction of sp³-hybridized carbons (Fsp3) is 0.185. The third kappa shape index (κ3) is 3.39. The number of amides is 1. The van der Waals surface area contributed by atoms with Crippen molar-refractivity contribution in [3.05, 3.63) is 101 Å². The van der Waals surface area contributed by atoms with E-state index in [4.69, 9.17) is 0 Å². The Morgan fingerprint density at radius 3 is 2.58 bits per heavy atom. The van der Waals surface area contributed by atoms with Crippen molar-refractivity contribution >= 4 is 27.8 Å². The Hall–Kier alpha value is -3.93. The highest BCUT2D eigenvalue weighted by molar-refractivity contribution is 5.86. The lowest BCUT2D eigenvalue weighted by atomic mass is 9.91. The number of halogens is 1. The lowest BCUT2D eigenvalue weighted by Crippen LogP contribution is -2.41. The number of benzene rings is 3. The topological polar surface area (TPSA) is 64.8 Å². The fourth-order valence-corrected chi connectivity index (χ4v) is 5.02. The summed E-state index contributed by atoms with van der Waals surface area (Å²) in [5.41, 5.74) is 5.46. The monoisotopic (exact) mass is 438 g/mol. The molecule has 5 nitrogen and oxygen atoms in total. The Labute approximate surface area is 190 Å². The number of carbonyl (C=O) groups is 1. The van der Waals surface area contributed by atoms with Gasteiger partial charge in [0.05, 0.1) is 11.0 Å². The summed E-state index contributed by atoms with van der Waals surface area (Å²) in [5.74, 6) is 0.479. The lowest BCUT2D eigenvalue weighted by molar-refractivity contribution is -0.133. The van der Waals surface area contributed by atoms with E-state index in [9.17, 15) is 9.18 Å². The molecule has 3 heterocycles. The number of aryl methyl sites for hydroxylation is 1. The van der Waals surface area contributed by atoms with Crippen molar-refractivity contribution in [3.63, 3.8) is 0 Å². The molecule has 1 aliphatic heterocycles. The van der Waals surface area contributed by atoms with E-state index in [2.05, 4.69) is 21.0 Å². The Morgan fingerprint density at radius 1 is 0.970 bits per heavy atom. The van der Waals surface area contributed by atoms with Crippen molar-refractivity contribution in [3.8, 4) is 0 Å². The van der Waals surface area contributed by atoms with Crippen LogP contribution < -0.4 is 0 Å². The van der Waals surface area contributed by atoms with Gasteiger partial charge in [-0.3, -0.25) is 4.79 Å². The van der Waals surface area contributed by atoms with Crippen LogP contribution in [0.3, 0.4) is 0 Å². The number of carbonyl (C=O) groups excluding carboxylic acids is 1. The highest BCUT2D eigenvalue weighted by Gasteiger charge is 2.35. The zero-order chi connectivity index (χ0) is 22.4. The molecule has 1 aliphatic rings. The van der Waals surface area contributed by atoms with Crippen LogP contribution in [0.15, 0.2) is 72.8 Å². The molecule has 5 aromatic rings. The van der Waals surface area contributed by atoms with Crippen LogP contribution in [0.4, 0.5) is 4.39 Å².